The van der Waals surface area contributed by atoms with Crippen molar-refractivity contribution >= 4 is 17.4 Å². The molecular formula is C13H17NO5S. The standard InChI is InChI=1S/C13H17NO5S/c1-7-18-12(19-7)11-10(17-2)8-3-5-14(13(15)16)6-4-9(8)20-11/h7,12H,3-6H2,1-2H3,(H,15,16). The molecule has 1 fully saturated rings. The van der Waals surface area contributed by atoms with E-state index in [0.717, 1.165) is 16.2 Å². The Hall–Kier alpha value is -1.31. The van der Waals surface area contributed by atoms with Crippen LogP contribution in [0.1, 0.15) is 28.5 Å². The monoisotopic (exact) mass is 299 g/mol. The lowest BCUT2D eigenvalue weighted by atomic mass is 10.1. The van der Waals surface area contributed by atoms with Gasteiger partial charge in [0.25, 0.3) is 0 Å². The predicted molar refractivity (Wildman–Crippen MR) is 72.2 cm³/mol. The fraction of sp³-hybridized carbons (Fsp3) is 0.615. The maximum absolute atomic E-state index is 11.1. The van der Waals surface area contributed by atoms with Gasteiger partial charge in [0, 0.05) is 23.5 Å². The van der Waals surface area contributed by atoms with Gasteiger partial charge in [-0.05, 0) is 19.8 Å². The molecule has 0 bridgehead atoms. The number of hydrogen-bond acceptors (Lipinski definition) is 5. The highest BCUT2D eigenvalue weighted by Gasteiger charge is 2.35. The number of rotatable bonds is 2. The molecule has 3 rings (SSSR count). The highest BCUT2D eigenvalue weighted by atomic mass is 32.1. The van der Waals surface area contributed by atoms with E-state index >= 15 is 0 Å². The second-order valence-electron chi connectivity index (χ2n) is 4.84. The van der Waals surface area contributed by atoms with E-state index in [0.29, 0.717) is 25.9 Å². The molecular weight excluding hydrogens is 282 g/mol. The zero-order valence-electron chi connectivity index (χ0n) is 11.4. The van der Waals surface area contributed by atoms with Crippen LogP contribution in [-0.2, 0) is 22.3 Å². The summed E-state index contributed by atoms with van der Waals surface area (Å²) in [7, 11) is 1.63. The van der Waals surface area contributed by atoms with E-state index in [-0.39, 0.29) is 12.6 Å². The predicted octanol–water partition coefficient (Wildman–Crippen LogP) is 2.23. The van der Waals surface area contributed by atoms with Gasteiger partial charge in [-0.3, -0.25) is 0 Å². The van der Waals surface area contributed by atoms with Gasteiger partial charge < -0.3 is 24.2 Å². The molecule has 0 atom stereocenters. The molecule has 1 amide bonds. The second kappa shape index (κ2) is 5.23. The largest absolute Gasteiger partial charge is 0.495 e. The van der Waals surface area contributed by atoms with Crippen LogP contribution in [0.2, 0.25) is 0 Å². The van der Waals surface area contributed by atoms with Crippen molar-refractivity contribution in [1.29, 1.82) is 0 Å². The van der Waals surface area contributed by atoms with Crippen LogP contribution in [0.25, 0.3) is 0 Å². The first-order chi connectivity index (χ1) is 9.60. The Bertz CT molecular complexity index is 523. The first kappa shape index (κ1) is 13.7. The van der Waals surface area contributed by atoms with Gasteiger partial charge in [0.2, 0.25) is 6.29 Å². The maximum Gasteiger partial charge on any atom is 0.407 e. The second-order valence-corrected chi connectivity index (χ2v) is 5.98. The minimum Gasteiger partial charge on any atom is -0.495 e. The van der Waals surface area contributed by atoms with Crippen LogP contribution >= 0.6 is 11.3 Å². The minimum atomic E-state index is -0.862. The van der Waals surface area contributed by atoms with E-state index in [1.165, 1.54) is 9.78 Å². The maximum atomic E-state index is 11.1. The average Bonchev–Trinajstić information content (AvgIpc) is 2.58. The summed E-state index contributed by atoms with van der Waals surface area (Å²) in [5, 5.41) is 9.08. The van der Waals surface area contributed by atoms with E-state index in [2.05, 4.69) is 0 Å². The number of amides is 1. The number of fused-ring (bicyclic) bond motifs is 1. The number of hydrogen-bond donors (Lipinski definition) is 1. The first-order valence-corrected chi connectivity index (χ1v) is 7.39. The topological polar surface area (TPSA) is 68.2 Å². The van der Waals surface area contributed by atoms with Crippen LogP contribution in [0.5, 0.6) is 5.75 Å². The van der Waals surface area contributed by atoms with Crippen LogP contribution in [0, 0.1) is 0 Å². The van der Waals surface area contributed by atoms with Gasteiger partial charge in [0.1, 0.15) is 10.6 Å². The van der Waals surface area contributed by atoms with Crippen molar-refractivity contribution in [3.63, 3.8) is 0 Å². The van der Waals surface area contributed by atoms with E-state index < -0.39 is 6.09 Å². The number of methoxy groups -OCH3 is 1. The van der Waals surface area contributed by atoms with E-state index in [9.17, 15) is 4.79 Å². The van der Waals surface area contributed by atoms with Crippen molar-refractivity contribution in [3.05, 3.63) is 15.3 Å². The van der Waals surface area contributed by atoms with Gasteiger partial charge in [0.15, 0.2) is 6.29 Å². The van der Waals surface area contributed by atoms with E-state index in [4.69, 9.17) is 19.3 Å². The average molecular weight is 299 g/mol. The Kier molecular flexibility index (Phi) is 3.57. The van der Waals surface area contributed by atoms with Crippen molar-refractivity contribution in [2.45, 2.75) is 32.3 Å². The molecule has 1 saturated heterocycles. The van der Waals surface area contributed by atoms with Gasteiger partial charge in [0.05, 0.1) is 7.11 Å². The molecule has 0 radical (unpaired) electrons. The van der Waals surface area contributed by atoms with Crippen LogP contribution in [-0.4, -0.2) is 42.6 Å². The zero-order valence-corrected chi connectivity index (χ0v) is 12.2. The number of carboxylic acid groups (broad SMARTS) is 1. The molecule has 6 nitrogen and oxygen atoms in total. The van der Waals surface area contributed by atoms with Crippen molar-refractivity contribution in [3.8, 4) is 5.75 Å². The van der Waals surface area contributed by atoms with Crippen molar-refractivity contribution < 1.29 is 24.1 Å². The Morgan fingerprint density at radius 2 is 2.10 bits per heavy atom. The van der Waals surface area contributed by atoms with Gasteiger partial charge in [-0.2, -0.15) is 0 Å². The first-order valence-electron chi connectivity index (χ1n) is 6.57. The third kappa shape index (κ3) is 2.25. The summed E-state index contributed by atoms with van der Waals surface area (Å²) in [6.45, 7) is 2.87. The summed E-state index contributed by atoms with van der Waals surface area (Å²) in [6.07, 6.45) is 0.00881. The van der Waals surface area contributed by atoms with Crippen LogP contribution in [0.15, 0.2) is 0 Å². The van der Waals surface area contributed by atoms with E-state index in [1.807, 2.05) is 6.92 Å². The van der Waals surface area contributed by atoms with Crippen LogP contribution in [0.4, 0.5) is 4.79 Å². The third-order valence-corrected chi connectivity index (χ3v) is 4.92. The number of ether oxygens (including phenoxy) is 3. The van der Waals surface area contributed by atoms with Gasteiger partial charge >= 0.3 is 6.09 Å². The van der Waals surface area contributed by atoms with Crippen molar-refractivity contribution in [2.75, 3.05) is 20.2 Å². The fourth-order valence-corrected chi connectivity index (χ4v) is 3.90. The summed E-state index contributed by atoms with van der Waals surface area (Å²) in [5.74, 6) is 0.800. The third-order valence-electron chi connectivity index (χ3n) is 3.63. The summed E-state index contributed by atoms with van der Waals surface area (Å²) < 4.78 is 16.6. The lowest BCUT2D eigenvalue weighted by Crippen LogP contribution is -2.32. The van der Waals surface area contributed by atoms with Gasteiger partial charge in [-0.25, -0.2) is 4.79 Å². The number of carbonyl (C=O) groups is 1. The minimum absolute atomic E-state index is 0.172. The smallest absolute Gasteiger partial charge is 0.407 e. The summed E-state index contributed by atoms with van der Waals surface area (Å²) in [5.41, 5.74) is 1.10. The zero-order chi connectivity index (χ0) is 14.3. The lowest BCUT2D eigenvalue weighted by molar-refractivity contribution is -0.381. The highest BCUT2D eigenvalue weighted by Crippen LogP contribution is 2.46. The van der Waals surface area contributed by atoms with Crippen molar-refractivity contribution in [1.82, 2.24) is 4.90 Å². The molecule has 1 aromatic heterocycles. The van der Waals surface area contributed by atoms with Gasteiger partial charge in [-0.1, -0.05) is 0 Å². The number of thiophene rings is 1. The molecule has 110 valence electrons. The summed E-state index contributed by atoms with van der Waals surface area (Å²) >= 11 is 1.60. The fourth-order valence-electron chi connectivity index (χ4n) is 2.62. The molecule has 1 N–H and O–H groups in total. The summed E-state index contributed by atoms with van der Waals surface area (Å²) in [6, 6.07) is 0. The van der Waals surface area contributed by atoms with Crippen LogP contribution in [0.3, 0.4) is 0 Å². The lowest BCUT2D eigenvalue weighted by Gasteiger charge is -2.33. The van der Waals surface area contributed by atoms with Gasteiger partial charge in [-0.15, -0.1) is 11.3 Å². The van der Waals surface area contributed by atoms with Crippen LogP contribution < -0.4 is 4.74 Å². The Morgan fingerprint density at radius 3 is 2.70 bits per heavy atom. The van der Waals surface area contributed by atoms with Crippen molar-refractivity contribution in [2.24, 2.45) is 0 Å². The van der Waals surface area contributed by atoms with E-state index in [1.54, 1.807) is 18.4 Å². The SMILES string of the molecule is COc1c(C2OC(C)O2)sc2c1CCN(C(=O)O)CC2. The summed E-state index contributed by atoms with van der Waals surface area (Å²) in [4.78, 5) is 14.6. The molecule has 0 spiro atoms. The Labute approximate surface area is 120 Å². The molecule has 0 saturated carbocycles. The normalized spacial score (nSPS) is 25.6. The Morgan fingerprint density at radius 1 is 1.40 bits per heavy atom. The molecule has 2 aliphatic rings. The molecule has 0 aliphatic carbocycles. The highest BCUT2D eigenvalue weighted by molar-refractivity contribution is 7.12. The molecule has 1 aromatic rings. The molecule has 7 heteroatoms. The molecule has 20 heavy (non-hydrogen) atoms. The molecule has 2 aliphatic heterocycles. The molecule has 0 unspecified atom stereocenters. The molecule has 0 aromatic carbocycles. The Balaban J connectivity index is 1.85. The molecule has 3 heterocycles. The number of nitrogens with zero attached hydrogens (tertiary/aromatic N) is 1. The quantitative estimate of drug-likeness (QED) is 0.907.